The van der Waals surface area contributed by atoms with Crippen LogP contribution in [-0.2, 0) is 11.3 Å². The van der Waals surface area contributed by atoms with Gasteiger partial charge in [0.1, 0.15) is 6.61 Å². The monoisotopic (exact) mass is 310 g/mol. The lowest BCUT2D eigenvalue weighted by molar-refractivity contribution is 0.0779. The van der Waals surface area contributed by atoms with Crippen LogP contribution in [0.5, 0.6) is 0 Å². The highest BCUT2D eigenvalue weighted by molar-refractivity contribution is 5.68. The Morgan fingerprint density at radius 3 is 2.73 bits per heavy atom. The maximum atomic E-state index is 12.9. The molecule has 2 aliphatic rings. The second-order valence-corrected chi connectivity index (χ2v) is 6.07. The van der Waals surface area contributed by atoms with Gasteiger partial charge in [-0.25, -0.2) is 13.6 Å². The summed E-state index contributed by atoms with van der Waals surface area (Å²) in [5.74, 6) is 0. The minimum atomic E-state index is -2.34. The van der Waals surface area contributed by atoms with Crippen LogP contribution in [0.3, 0.4) is 0 Å². The molecule has 1 N–H and O–H groups in total. The third-order valence-electron chi connectivity index (χ3n) is 4.35. The lowest BCUT2D eigenvalue weighted by Crippen LogP contribution is -2.46. The first-order valence-corrected chi connectivity index (χ1v) is 7.60. The van der Waals surface area contributed by atoms with E-state index in [0.29, 0.717) is 32.4 Å². The van der Waals surface area contributed by atoms with Crippen LogP contribution in [0.2, 0.25) is 0 Å². The van der Waals surface area contributed by atoms with Gasteiger partial charge in [0, 0.05) is 19.1 Å². The zero-order valence-corrected chi connectivity index (χ0v) is 12.3. The highest BCUT2D eigenvalue weighted by Crippen LogP contribution is 2.41. The SMILES string of the molecule is O=C(OCc1ccccc1)N1CCC(NC2(C(F)F)CC2)C1. The summed E-state index contributed by atoms with van der Waals surface area (Å²) >= 11 is 0. The van der Waals surface area contributed by atoms with Gasteiger partial charge in [-0.2, -0.15) is 0 Å². The number of nitrogens with zero attached hydrogens (tertiary/aromatic N) is 1. The fraction of sp³-hybridized carbons (Fsp3) is 0.562. The molecule has 1 aromatic carbocycles. The first-order valence-electron chi connectivity index (χ1n) is 7.60. The lowest BCUT2D eigenvalue weighted by atomic mass is 10.2. The molecule has 1 atom stereocenters. The van der Waals surface area contributed by atoms with Gasteiger partial charge in [0.25, 0.3) is 6.43 Å². The fourth-order valence-electron chi connectivity index (χ4n) is 2.82. The summed E-state index contributed by atoms with van der Waals surface area (Å²) in [4.78, 5) is 13.6. The van der Waals surface area contributed by atoms with Gasteiger partial charge in [0.15, 0.2) is 0 Å². The lowest BCUT2D eigenvalue weighted by Gasteiger charge is -2.22. The summed E-state index contributed by atoms with van der Waals surface area (Å²) < 4.78 is 31.1. The molecule has 1 unspecified atom stereocenters. The summed E-state index contributed by atoms with van der Waals surface area (Å²) in [7, 11) is 0. The Bertz CT molecular complexity index is 520. The van der Waals surface area contributed by atoms with E-state index >= 15 is 0 Å². The van der Waals surface area contributed by atoms with Crippen LogP contribution in [0.1, 0.15) is 24.8 Å². The highest BCUT2D eigenvalue weighted by atomic mass is 19.3. The number of rotatable bonds is 5. The molecule has 1 aromatic rings. The van der Waals surface area contributed by atoms with E-state index in [-0.39, 0.29) is 18.7 Å². The number of alkyl halides is 2. The van der Waals surface area contributed by atoms with E-state index in [1.54, 1.807) is 4.90 Å². The van der Waals surface area contributed by atoms with Gasteiger partial charge in [-0.05, 0) is 24.8 Å². The quantitative estimate of drug-likeness (QED) is 0.909. The Kier molecular flexibility index (Phi) is 4.29. The van der Waals surface area contributed by atoms with Crippen LogP contribution in [0.15, 0.2) is 30.3 Å². The van der Waals surface area contributed by atoms with E-state index in [4.69, 9.17) is 4.74 Å². The van der Waals surface area contributed by atoms with E-state index in [0.717, 1.165) is 5.56 Å². The van der Waals surface area contributed by atoms with Crippen molar-refractivity contribution in [3.63, 3.8) is 0 Å². The molecular formula is C16H20F2N2O2. The average Bonchev–Trinajstić information content (AvgIpc) is 3.16. The van der Waals surface area contributed by atoms with Crippen molar-refractivity contribution in [1.29, 1.82) is 0 Å². The van der Waals surface area contributed by atoms with Crippen LogP contribution in [-0.4, -0.2) is 42.1 Å². The number of hydrogen-bond donors (Lipinski definition) is 1. The molecule has 1 aliphatic carbocycles. The number of amides is 1. The molecule has 0 spiro atoms. The van der Waals surface area contributed by atoms with Crippen molar-refractivity contribution in [1.82, 2.24) is 10.2 Å². The molecule has 1 heterocycles. The fourth-order valence-corrected chi connectivity index (χ4v) is 2.82. The summed E-state index contributed by atoms with van der Waals surface area (Å²) in [6, 6.07) is 9.39. The van der Waals surface area contributed by atoms with E-state index in [2.05, 4.69) is 5.32 Å². The topological polar surface area (TPSA) is 41.6 Å². The molecular weight excluding hydrogens is 290 g/mol. The highest BCUT2D eigenvalue weighted by Gasteiger charge is 2.52. The maximum absolute atomic E-state index is 12.9. The number of benzene rings is 1. The molecule has 0 aromatic heterocycles. The van der Waals surface area contributed by atoms with Gasteiger partial charge in [-0.1, -0.05) is 30.3 Å². The number of carbonyl (C=O) groups is 1. The molecule has 2 fully saturated rings. The largest absolute Gasteiger partial charge is 0.445 e. The summed E-state index contributed by atoms with van der Waals surface area (Å²) in [6.07, 6.45) is -1.00. The molecule has 120 valence electrons. The van der Waals surface area contributed by atoms with Gasteiger partial charge < -0.3 is 15.0 Å². The van der Waals surface area contributed by atoms with Gasteiger partial charge in [0.05, 0.1) is 5.54 Å². The predicted octanol–water partition coefficient (Wildman–Crippen LogP) is 2.78. The molecule has 4 nitrogen and oxygen atoms in total. The molecule has 0 radical (unpaired) electrons. The Morgan fingerprint density at radius 1 is 1.36 bits per heavy atom. The second-order valence-electron chi connectivity index (χ2n) is 6.07. The van der Waals surface area contributed by atoms with Crippen molar-refractivity contribution in [2.75, 3.05) is 13.1 Å². The van der Waals surface area contributed by atoms with E-state index < -0.39 is 12.0 Å². The first kappa shape index (κ1) is 15.2. The van der Waals surface area contributed by atoms with Gasteiger partial charge >= 0.3 is 6.09 Å². The zero-order valence-electron chi connectivity index (χ0n) is 12.3. The van der Waals surface area contributed by atoms with Crippen molar-refractivity contribution in [3.8, 4) is 0 Å². The Morgan fingerprint density at radius 2 is 2.09 bits per heavy atom. The molecule has 1 saturated carbocycles. The van der Waals surface area contributed by atoms with E-state index in [1.165, 1.54) is 0 Å². The standard InChI is InChI=1S/C16H20F2N2O2/c17-14(18)16(7-8-16)19-13-6-9-20(10-13)15(21)22-11-12-4-2-1-3-5-12/h1-5,13-14,19H,6-11H2. The van der Waals surface area contributed by atoms with Crippen LogP contribution >= 0.6 is 0 Å². The first-order chi connectivity index (χ1) is 10.6. The summed E-state index contributed by atoms with van der Waals surface area (Å²) in [6.45, 7) is 1.21. The van der Waals surface area contributed by atoms with Crippen LogP contribution in [0, 0.1) is 0 Å². The molecule has 1 aliphatic heterocycles. The normalized spacial score (nSPS) is 22.9. The van der Waals surface area contributed by atoms with Crippen molar-refractivity contribution < 1.29 is 18.3 Å². The van der Waals surface area contributed by atoms with Crippen molar-refractivity contribution in [2.24, 2.45) is 0 Å². The smallest absolute Gasteiger partial charge is 0.410 e. The summed E-state index contributed by atoms with van der Waals surface area (Å²) in [5.41, 5.74) is -0.0754. The third kappa shape index (κ3) is 3.38. The molecule has 1 amide bonds. The number of nitrogens with one attached hydrogen (secondary N) is 1. The molecule has 0 bridgehead atoms. The molecule has 6 heteroatoms. The Labute approximate surface area is 128 Å². The predicted molar refractivity (Wildman–Crippen MR) is 77.7 cm³/mol. The van der Waals surface area contributed by atoms with E-state index in [1.807, 2.05) is 30.3 Å². The Hall–Kier alpha value is -1.69. The zero-order chi connectivity index (χ0) is 15.6. The van der Waals surface area contributed by atoms with Crippen molar-refractivity contribution in [3.05, 3.63) is 35.9 Å². The minimum absolute atomic E-state index is 0.0687. The van der Waals surface area contributed by atoms with Gasteiger partial charge in [-0.15, -0.1) is 0 Å². The van der Waals surface area contributed by atoms with Crippen LogP contribution < -0.4 is 5.32 Å². The number of halogens is 2. The maximum Gasteiger partial charge on any atom is 0.410 e. The van der Waals surface area contributed by atoms with Gasteiger partial charge in [-0.3, -0.25) is 0 Å². The van der Waals surface area contributed by atoms with Crippen molar-refractivity contribution >= 4 is 6.09 Å². The summed E-state index contributed by atoms with van der Waals surface area (Å²) in [5, 5.41) is 3.02. The number of carbonyl (C=O) groups excluding carboxylic acids is 1. The van der Waals surface area contributed by atoms with Gasteiger partial charge in [0.2, 0.25) is 0 Å². The number of ether oxygens (including phenoxy) is 1. The van der Waals surface area contributed by atoms with Crippen LogP contribution in [0.4, 0.5) is 13.6 Å². The second kappa shape index (κ2) is 6.20. The average molecular weight is 310 g/mol. The van der Waals surface area contributed by atoms with E-state index in [9.17, 15) is 13.6 Å². The molecule has 1 saturated heterocycles. The molecule has 22 heavy (non-hydrogen) atoms. The minimum Gasteiger partial charge on any atom is -0.445 e. The Balaban J connectivity index is 1.45. The number of hydrogen-bond acceptors (Lipinski definition) is 3. The van der Waals surface area contributed by atoms with Crippen molar-refractivity contribution in [2.45, 2.75) is 43.9 Å². The third-order valence-corrected chi connectivity index (χ3v) is 4.35. The molecule has 3 rings (SSSR count). The number of likely N-dealkylation sites (tertiary alicyclic amines) is 1. The van der Waals surface area contributed by atoms with Crippen LogP contribution in [0.25, 0.3) is 0 Å².